The lowest BCUT2D eigenvalue weighted by Crippen LogP contribution is -2.17. The number of fused-ring (bicyclic) bond motifs is 1. The third kappa shape index (κ3) is 2.88. The molecule has 8 heteroatoms. The summed E-state index contributed by atoms with van der Waals surface area (Å²) in [4.78, 5) is 0. The molecule has 0 unspecified atom stereocenters. The van der Waals surface area contributed by atoms with E-state index in [1.165, 1.54) is 0 Å². The van der Waals surface area contributed by atoms with Gasteiger partial charge in [0, 0.05) is 19.4 Å². The van der Waals surface area contributed by atoms with E-state index in [0.717, 1.165) is 48.9 Å². The van der Waals surface area contributed by atoms with E-state index in [1.54, 1.807) is 4.52 Å². The Morgan fingerprint density at radius 3 is 2.91 bits per heavy atom. The van der Waals surface area contributed by atoms with E-state index >= 15 is 0 Å². The molecule has 0 radical (unpaired) electrons. The van der Waals surface area contributed by atoms with Gasteiger partial charge in [0.25, 0.3) is 0 Å². The maximum atomic E-state index is 5.48. The molecule has 0 amide bonds. The quantitative estimate of drug-likeness (QED) is 0.786. The molecule has 2 atom stereocenters. The largest absolute Gasteiger partial charge is 0.426 e. The molecule has 3 heterocycles. The lowest BCUT2D eigenvalue weighted by Gasteiger charge is -2.13. The molecule has 0 aliphatic heterocycles. The molecule has 3 aromatic rings. The minimum absolute atomic E-state index is 0.422. The third-order valence-electron chi connectivity index (χ3n) is 4.34. The second-order valence-electron chi connectivity index (χ2n) is 6.18. The first-order valence-electron chi connectivity index (χ1n) is 7.92. The van der Waals surface area contributed by atoms with Crippen LogP contribution in [0.3, 0.4) is 0 Å². The van der Waals surface area contributed by atoms with Crippen LogP contribution in [0.4, 0.5) is 5.82 Å². The van der Waals surface area contributed by atoms with Gasteiger partial charge in [0.05, 0.1) is 0 Å². The highest BCUT2D eigenvalue weighted by molar-refractivity contribution is 5.44. The Balaban J connectivity index is 1.40. The van der Waals surface area contributed by atoms with E-state index in [4.69, 9.17) is 4.42 Å². The predicted molar refractivity (Wildman–Crippen MR) is 83.0 cm³/mol. The van der Waals surface area contributed by atoms with Crippen LogP contribution >= 0.6 is 0 Å². The van der Waals surface area contributed by atoms with Crippen LogP contribution < -0.4 is 5.32 Å². The van der Waals surface area contributed by atoms with Crippen LogP contribution in [0.15, 0.2) is 16.5 Å². The first-order chi connectivity index (χ1) is 11.2. The number of rotatable bonds is 4. The summed E-state index contributed by atoms with van der Waals surface area (Å²) >= 11 is 0. The Labute approximate surface area is 133 Å². The number of aromatic nitrogens is 6. The Morgan fingerprint density at radius 1 is 1.17 bits per heavy atom. The van der Waals surface area contributed by atoms with Gasteiger partial charge in [-0.25, -0.2) is 0 Å². The fourth-order valence-corrected chi connectivity index (χ4v) is 3.24. The molecule has 120 valence electrons. The van der Waals surface area contributed by atoms with Crippen molar-refractivity contribution < 1.29 is 4.42 Å². The second kappa shape index (κ2) is 5.60. The fraction of sp³-hybridized carbons (Fsp3) is 0.533. The number of hydrogen-bond donors (Lipinski definition) is 1. The first kappa shape index (κ1) is 14.1. The van der Waals surface area contributed by atoms with Crippen LogP contribution in [0.2, 0.25) is 0 Å². The summed E-state index contributed by atoms with van der Waals surface area (Å²) in [6, 6.07) is 4.31. The minimum Gasteiger partial charge on any atom is -0.426 e. The van der Waals surface area contributed by atoms with Gasteiger partial charge in [-0.3, -0.25) is 0 Å². The molecule has 1 aliphatic rings. The normalized spacial score (nSPS) is 21.1. The number of hydrogen-bond acceptors (Lipinski definition) is 7. The summed E-state index contributed by atoms with van der Waals surface area (Å²) in [5.74, 6) is 3.61. The molecular formula is C15H19N7O. The summed E-state index contributed by atoms with van der Waals surface area (Å²) in [6.07, 6.45) is 4.23. The second-order valence-corrected chi connectivity index (χ2v) is 6.18. The third-order valence-corrected chi connectivity index (χ3v) is 4.34. The van der Waals surface area contributed by atoms with Gasteiger partial charge in [0.2, 0.25) is 11.8 Å². The number of aryl methyl sites for hydroxylation is 2. The Kier molecular flexibility index (Phi) is 3.44. The van der Waals surface area contributed by atoms with Crippen molar-refractivity contribution in [2.75, 3.05) is 5.32 Å². The van der Waals surface area contributed by atoms with E-state index < -0.39 is 0 Å². The average Bonchev–Trinajstić information content (AvgIpc) is 3.23. The highest BCUT2D eigenvalue weighted by Crippen LogP contribution is 2.30. The zero-order valence-corrected chi connectivity index (χ0v) is 13.2. The number of nitrogens with one attached hydrogen (secondary N) is 1. The predicted octanol–water partition coefficient (Wildman–Crippen LogP) is 1.95. The summed E-state index contributed by atoms with van der Waals surface area (Å²) in [6.45, 7) is 3.72. The van der Waals surface area contributed by atoms with E-state index in [-0.39, 0.29) is 0 Å². The number of anilines is 1. The van der Waals surface area contributed by atoms with Gasteiger partial charge in [-0.15, -0.1) is 25.5 Å². The Morgan fingerprint density at radius 2 is 2.09 bits per heavy atom. The topological polar surface area (TPSA) is 94.0 Å². The fourth-order valence-electron chi connectivity index (χ4n) is 3.24. The Bertz CT molecular complexity index is 824. The molecule has 1 saturated carbocycles. The standard InChI is InChI=1S/C15H19N7O/c1-9-17-19-14-6-5-13(21-22(9)14)16-12-4-3-11(7-12)8-15-20-18-10(2)23-15/h5-6,11-12H,3-4,7-8H2,1-2H3,(H,16,21)/t11-,12+/m1/s1. The van der Waals surface area contributed by atoms with Gasteiger partial charge in [-0.1, -0.05) is 0 Å². The molecule has 0 saturated heterocycles. The first-order valence-corrected chi connectivity index (χ1v) is 7.92. The van der Waals surface area contributed by atoms with Gasteiger partial charge < -0.3 is 9.73 Å². The van der Waals surface area contributed by atoms with E-state index in [0.29, 0.717) is 17.9 Å². The molecule has 1 fully saturated rings. The van der Waals surface area contributed by atoms with Gasteiger partial charge in [-0.2, -0.15) is 4.52 Å². The van der Waals surface area contributed by atoms with Crippen LogP contribution in [0.25, 0.3) is 5.65 Å². The van der Waals surface area contributed by atoms with Crippen LogP contribution in [0, 0.1) is 19.8 Å². The monoisotopic (exact) mass is 313 g/mol. The molecule has 0 bridgehead atoms. The summed E-state index contributed by atoms with van der Waals surface area (Å²) in [7, 11) is 0. The zero-order valence-electron chi connectivity index (χ0n) is 13.2. The average molecular weight is 313 g/mol. The van der Waals surface area contributed by atoms with Gasteiger partial charge in [0.1, 0.15) is 5.82 Å². The molecule has 23 heavy (non-hydrogen) atoms. The Hall–Kier alpha value is -2.51. The summed E-state index contributed by atoms with van der Waals surface area (Å²) in [5, 5.41) is 24.1. The van der Waals surface area contributed by atoms with E-state index in [9.17, 15) is 0 Å². The van der Waals surface area contributed by atoms with Crippen molar-refractivity contribution >= 4 is 11.5 Å². The minimum atomic E-state index is 0.422. The van der Waals surface area contributed by atoms with E-state index in [2.05, 4.69) is 30.8 Å². The van der Waals surface area contributed by atoms with Crippen LogP contribution in [0.5, 0.6) is 0 Å². The van der Waals surface area contributed by atoms with Gasteiger partial charge in [0.15, 0.2) is 11.5 Å². The van der Waals surface area contributed by atoms with Crippen molar-refractivity contribution in [2.24, 2.45) is 5.92 Å². The molecule has 1 N–H and O–H groups in total. The summed E-state index contributed by atoms with van der Waals surface area (Å²) < 4.78 is 7.24. The van der Waals surface area contributed by atoms with Crippen molar-refractivity contribution in [3.8, 4) is 0 Å². The molecule has 0 spiro atoms. The van der Waals surface area contributed by atoms with Crippen LogP contribution in [0.1, 0.15) is 36.9 Å². The van der Waals surface area contributed by atoms with Crippen molar-refractivity contribution in [1.82, 2.24) is 30.0 Å². The van der Waals surface area contributed by atoms with Crippen molar-refractivity contribution in [2.45, 2.75) is 45.6 Å². The summed E-state index contributed by atoms with van der Waals surface area (Å²) in [5.41, 5.74) is 0.768. The van der Waals surface area contributed by atoms with Crippen LogP contribution in [-0.4, -0.2) is 36.1 Å². The van der Waals surface area contributed by atoms with Crippen LogP contribution in [-0.2, 0) is 6.42 Å². The molecule has 0 aromatic carbocycles. The van der Waals surface area contributed by atoms with Gasteiger partial charge in [-0.05, 0) is 44.2 Å². The van der Waals surface area contributed by atoms with E-state index in [1.807, 2.05) is 26.0 Å². The maximum absolute atomic E-state index is 5.48. The lowest BCUT2D eigenvalue weighted by molar-refractivity contribution is 0.416. The number of nitrogens with zero attached hydrogens (tertiary/aromatic N) is 6. The maximum Gasteiger partial charge on any atom is 0.216 e. The zero-order chi connectivity index (χ0) is 15.8. The molecule has 1 aliphatic carbocycles. The van der Waals surface area contributed by atoms with Crippen molar-refractivity contribution in [3.05, 3.63) is 29.7 Å². The lowest BCUT2D eigenvalue weighted by atomic mass is 10.0. The van der Waals surface area contributed by atoms with Crippen molar-refractivity contribution in [3.63, 3.8) is 0 Å². The molecule has 8 nitrogen and oxygen atoms in total. The SMILES string of the molecule is Cc1nnc(C[C@@H]2CC[C@H](Nc3ccc4nnc(C)n4n3)C2)o1. The molecule has 4 rings (SSSR count). The highest BCUT2D eigenvalue weighted by atomic mass is 16.4. The molecular weight excluding hydrogens is 294 g/mol. The smallest absolute Gasteiger partial charge is 0.216 e. The molecule has 3 aromatic heterocycles. The van der Waals surface area contributed by atoms with Gasteiger partial charge >= 0.3 is 0 Å². The highest BCUT2D eigenvalue weighted by Gasteiger charge is 2.26. The van der Waals surface area contributed by atoms with Crippen molar-refractivity contribution in [1.29, 1.82) is 0 Å².